The molecule has 0 bridgehead atoms. The van der Waals surface area contributed by atoms with Crippen LogP contribution in [0, 0.1) is 0 Å². The Kier molecular flexibility index (Phi) is 3.47. The smallest absolute Gasteiger partial charge is 0.248 e. The van der Waals surface area contributed by atoms with Crippen LogP contribution in [-0.4, -0.2) is 34.8 Å². The van der Waals surface area contributed by atoms with Crippen LogP contribution in [0.5, 0.6) is 0 Å². The predicted octanol–water partition coefficient (Wildman–Crippen LogP) is 0.486. The van der Waals surface area contributed by atoms with Gasteiger partial charge < -0.3 is 10.6 Å². The first-order valence-corrected chi connectivity index (χ1v) is 6.17. The second kappa shape index (κ2) is 4.87. The number of amides is 1. The highest BCUT2D eigenvalue weighted by Gasteiger charge is 2.41. The van der Waals surface area contributed by atoms with E-state index in [1.54, 1.807) is 6.20 Å². The molecule has 0 unspecified atom stereocenters. The molecule has 1 aliphatic rings. The first-order chi connectivity index (χ1) is 8.15. The quantitative estimate of drug-likeness (QED) is 0.803. The van der Waals surface area contributed by atoms with E-state index in [-0.39, 0.29) is 11.9 Å². The third-order valence-electron chi connectivity index (χ3n) is 3.22. The molecule has 5 heteroatoms. The summed E-state index contributed by atoms with van der Waals surface area (Å²) in [7, 11) is 0. The summed E-state index contributed by atoms with van der Waals surface area (Å²) in [6, 6.07) is 2.02. The van der Waals surface area contributed by atoms with Gasteiger partial charge in [0.15, 0.2) is 0 Å². The average molecular weight is 236 g/mol. The number of hydrogen-bond donors (Lipinski definition) is 2. The number of rotatable bonds is 3. The van der Waals surface area contributed by atoms with Crippen molar-refractivity contribution in [1.29, 1.82) is 0 Å². The lowest BCUT2D eigenvalue weighted by Crippen LogP contribution is -2.55. The molecule has 1 aromatic rings. The fraction of sp³-hybridized carbons (Fsp3) is 0.667. The largest absolute Gasteiger partial charge is 0.352 e. The maximum atomic E-state index is 12.4. The Balaban J connectivity index is 2.27. The molecule has 0 atom stereocenters. The number of carbonyl (C=O) groups is 1. The van der Waals surface area contributed by atoms with Gasteiger partial charge in [0.2, 0.25) is 5.91 Å². The van der Waals surface area contributed by atoms with Gasteiger partial charge in [0.25, 0.3) is 0 Å². The van der Waals surface area contributed by atoms with Crippen molar-refractivity contribution in [3.63, 3.8) is 0 Å². The van der Waals surface area contributed by atoms with Crippen molar-refractivity contribution >= 4 is 5.91 Å². The van der Waals surface area contributed by atoms with E-state index in [1.807, 2.05) is 30.8 Å². The first-order valence-electron chi connectivity index (χ1n) is 6.17. The number of nitrogens with one attached hydrogen (secondary N) is 2. The van der Waals surface area contributed by atoms with E-state index in [0.29, 0.717) is 0 Å². The van der Waals surface area contributed by atoms with Gasteiger partial charge in [-0.15, -0.1) is 0 Å². The van der Waals surface area contributed by atoms with Gasteiger partial charge in [-0.1, -0.05) is 0 Å². The van der Waals surface area contributed by atoms with Crippen LogP contribution in [0.3, 0.4) is 0 Å². The molecule has 1 fully saturated rings. The van der Waals surface area contributed by atoms with Gasteiger partial charge in [-0.05, 0) is 45.8 Å². The minimum atomic E-state index is -0.515. The highest BCUT2D eigenvalue weighted by molar-refractivity contribution is 5.84. The molecule has 0 aromatic carbocycles. The zero-order chi connectivity index (χ0) is 12.3. The summed E-state index contributed by atoms with van der Waals surface area (Å²) in [5, 5.41) is 10.6. The third-order valence-corrected chi connectivity index (χ3v) is 3.22. The van der Waals surface area contributed by atoms with E-state index in [0.717, 1.165) is 25.9 Å². The fourth-order valence-corrected chi connectivity index (χ4v) is 2.32. The van der Waals surface area contributed by atoms with Gasteiger partial charge in [0.05, 0.1) is 0 Å². The van der Waals surface area contributed by atoms with Crippen LogP contribution >= 0.6 is 0 Å². The predicted molar refractivity (Wildman–Crippen MR) is 65.6 cm³/mol. The number of nitrogens with zero attached hydrogens (tertiary/aromatic N) is 2. The Morgan fingerprint density at radius 1 is 1.47 bits per heavy atom. The SMILES string of the molecule is CC(C)NC(=O)C1(n2cccn2)CCNCC1. The van der Waals surface area contributed by atoms with Gasteiger partial charge in [0.1, 0.15) is 5.54 Å². The standard InChI is InChI=1S/C12H20N4O/c1-10(2)15-11(17)12(4-7-13-8-5-12)16-9-3-6-14-16/h3,6,9-10,13H,4-5,7-8H2,1-2H3,(H,15,17). The molecule has 5 nitrogen and oxygen atoms in total. The van der Waals surface area contributed by atoms with Gasteiger partial charge in [-0.2, -0.15) is 5.10 Å². The summed E-state index contributed by atoms with van der Waals surface area (Å²) in [6.45, 7) is 5.67. The van der Waals surface area contributed by atoms with Crippen molar-refractivity contribution in [2.45, 2.75) is 38.3 Å². The molecule has 1 saturated heterocycles. The Hall–Kier alpha value is -1.36. The van der Waals surface area contributed by atoms with E-state index < -0.39 is 5.54 Å². The molecule has 1 aliphatic heterocycles. The molecular formula is C12H20N4O. The lowest BCUT2D eigenvalue weighted by Gasteiger charge is -2.37. The maximum Gasteiger partial charge on any atom is 0.248 e. The van der Waals surface area contributed by atoms with Crippen LogP contribution in [0.2, 0.25) is 0 Å². The minimum Gasteiger partial charge on any atom is -0.352 e. The van der Waals surface area contributed by atoms with Crippen molar-refractivity contribution < 1.29 is 4.79 Å². The lowest BCUT2D eigenvalue weighted by molar-refractivity contribution is -0.132. The summed E-state index contributed by atoms with van der Waals surface area (Å²) in [5.41, 5.74) is -0.515. The van der Waals surface area contributed by atoms with Crippen LogP contribution in [0.25, 0.3) is 0 Å². The van der Waals surface area contributed by atoms with Gasteiger partial charge in [-0.25, -0.2) is 0 Å². The zero-order valence-corrected chi connectivity index (χ0v) is 10.4. The number of aromatic nitrogens is 2. The minimum absolute atomic E-state index is 0.0812. The van der Waals surface area contributed by atoms with E-state index in [1.165, 1.54) is 0 Å². The van der Waals surface area contributed by atoms with Crippen molar-refractivity contribution in [1.82, 2.24) is 20.4 Å². The highest BCUT2D eigenvalue weighted by Crippen LogP contribution is 2.27. The summed E-state index contributed by atoms with van der Waals surface area (Å²) in [4.78, 5) is 12.4. The molecule has 2 N–H and O–H groups in total. The van der Waals surface area contributed by atoms with Crippen molar-refractivity contribution in [2.24, 2.45) is 0 Å². The zero-order valence-electron chi connectivity index (χ0n) is 10.4. The van der Waals surface area contributed by atoms with Crippen LogP contribution in [-0.2, 0) is 10.3 Å². The molecule has 0 aliphatic carbocycles. The topological polar surface area (TPSA) is 59.0 Å². The average Bonchev–Trinajstić information content (AvgIpc) is 2.83. The van der Waals surface area contributed by atoms with E-state index >= 15 is 0 Å². The fourth-order valence-electron chi connectivity index (χ4n) is 2.32. The number of carbonyl (C=O) groups excluding carboxylic acids is 1. The van der Waals surface area contributed by atoms with Gasteiger partial charge in [0, 0.05) is 18.4 Å². The Morgan fingerprint density at radius 2 is 2.18 bits per heavy atom. The normalized spacial score (nSPS) is 19.2. The maximum absolute atomic E-state index is 12.4. The molecule has 0 radical (unpaired) electrons. The Labute approximate surface area is 102 Å². The van der Waals surface area contributed by atoms with E-state index in [2.05, 4.69) is 15.7 Å². The lowest BCUT2D eigenvalue weighted by atomic mass is 9.87. The summed E-state index contributed by atoms with van der Waals surface area (Å²) >= 11 is 0. The first kappa shape index (κ1) is 12.1. The summed E-state index contributed by atoms with van der Waals surface area (Å²) in [5.74, 6) is 0.0812. The molecule has 0 spiro atoms. The number of piperidine rings is 1. The van der Waals surface area contributed by atoms with Gasteiger partial charge >= 0.3 is 0 Å². The monoisotopic (exact) mass is 236 g/mol. The summed E-state index contributed by atoms with van der Waals surface area (Å²) < 4.78 is 1.81. The van der Waals surface area contributed by atoms with Crippen LogP contribution < -0.4 is 10.6 Å². The van der Waals surface area contributed by atoms with Crippen molar-refractivity contribution in [3.05, 3.63) is 18.5 Å². The number of hydrogen-bond acceptors (Lipinski definition) is 3. The summed E-state index contributed by atoms with van der Waals surface area (Å²) in [6.07, 6.45) is 5.18. The highest BCUT2D eigenvalue weighted by atomic mass is 16.2. The van der Waals surface area contributed by atoms with E-state index in [9.17, 15) is 4.79 Å². The van der Waals surface area contributed by atoms with Crippen molar-refractivity contribution in [3.8, 4) is 0 Å². The third kappa shape index (κ3) is 2.34. The molecule has 2 rings (SSSR count). The molecule has 2 heterocycles. The Morgan fingerprint density at radius 3 is 2.71 bits per heavy atom. The molecular weight excluding hydrogens is 216 g/mol. The van der Waals surface area contributed by atoms with Gasteiger partial charge in [-0.3, -0.25) is 9.48 Å². The van der Waals surface area contributed by atoms with E-state index in [4.69, 9.17) is 0 Å². The second-order valence-corrected chi connectivity index (χ2v) is 4.86. The van der Waals surface area contributed by atoms with Crippen molar-refractivity contribution in [2.75, 3.05) is 13.1 Å². The second-order valence-electron chi connectivity index (χ2n) is 4.86. The molecule has 1 amide bonds. The molecule has 17 heavy (non-hydrogen) atoms. The molecule has 0 saturated carbocycles. The molecule has 1 aromatic heterocycles. The Bertz CT molecular complexity index is 366. The van der Waals surface area contributed by atoms with Crippen LogP contribution in [0.1, 0.15) is 26.7 Å². The molecule has 94 valence electrons. The van der Waals surface area contributed by atoms with Crippen LogP contribution in [0.4, 0.5) is 0 Å². The van der Waals surface area contributed by atoms with Crippen LogP contribution in [0.15, 0.2) is 18.5 Å².